The predicted octanol–water partition coefficient (Wildman–Crippen LogP) is 4.02. The number of nitrogens with one attached hydrogen (secondary N) is 1. The molecule has 3 rings (SSSR count). The van der Waals surface area contributed by atoms with E-state index in [1.165, 1.54) is 16.3 Å². The molecule has 0 radical (unpaired) electrons. The summed E-state index contributed by atoms with van der Waals surface area (Å²) in [4.78, 5) is 29.1. The molecule has 0 aliphatic carbocycles. The van der Waals surface area contributed by atoms with Crippen LogP contribution in [0.1, 0.15) is 12.0 Å². The minimum Gasteiger partial charge on any atom is -0.326 e. The first-order valence-electron chi connectivity index (χ1n) is 8.10. The molecular formula is C19H18ClN3O2S. The smallest absolute Gasteiger partial charge is 0.261 e. The summed E-state index contributed by atoms with van der Waals surface area (Å²) in [6.45, 7) is 1.91. The Hall–Kier alpha value is -2.31. The molecule has 0 saturated heterocycles. The van der Waals surface area contributed by atoms with E-state index in [0.717, 1.165) is 5.56 Å². The van der Waals surface area contributed by atoms with Gasteiger partial charge in [0.1, 0.15) is 0 Å². The first-order valence-corrected chi connectivity index (χ1v) is 9.46. The average molecular weight is 388 g/mol. The number of thioether (sulfide) groups is 1. The molecule has 0 saturated carbocycles. The van der Waals surface area contributed by atoms with Crippen molar-refractivity contribution in [2.45, 2.75) is 18.5 Å². The van der Waals surface area contributed by atoms with E-state index in [2.05, 4.69) is 10.3 Å². The van der Waals surface area contributed by atoms with Crippen molar-refractivity contribution in [2.75, 3.05) is 11.1 Å². The molecule has 0 atom stereocenters. The van der Waals surface area contributed by atoms with E-state index in [1.54, 1.807) is 25.2 Å². The third kappa shape index (κ3) is 4.08. The zero-order valence-corrected chi connectivity index (χ0v) is 16.0. The molecule has 1 N–H and O–H groups in total. The van der Waals surface area contributed by atoms with Crippen LogP contribution in [0.5, 0.6) is 0 Å². The zero-order chi connectivity index (χ0) is 18.7. The molecule has 0 unspecified atom stereocenters. The summed E-state index contributed by atoms with van der Waals surface area (Å²) in [5.41, 5.74) is 2.24. The second-order valence-corrected chi connectivity index (χ2v) is 7.38. The van der Waals surface area contributed by atoms with Gasteiger partial charge in [0, 0.05) is 29.9 Å². The maximum Gasteiger partial charge on any atom is 0.261 e. The second-order valence-electron chi connectivity index (χ2n) is 5.88. The molecule has 1 aromatic heterocycles. The van der Waals surface area contributed by atoms with Crippen LogP contribution >= 0.6 is 23.4 Å². The number of carbonyl (C=O) groups excluding carboxylic acids is 1. The van der Waals surface area contributed by atoms with Crippen LogP contribution < -0.4 is 10.9 Å². The molecule has 3 aromatic rings. The number of hydrogen-bond donors (Lipinski definition) is 1. The molecule has 1 amide bonds. The predicted molar refractivity (Wildman–Crippen MR) is 107 cm³/mol. The summed E-state index contributed by atoms with van der Waals surface area (Å²) in [5, 5.41) is 4.64. The highest BCUT2D eigenvalue weighted by atomic mass is 35.5. The summed E-state index contributed by atoms with van der Waals surface area (Å²) < 4.78 is 1.52. The molecule has 5 nitrogen and oxygen atoms in total. The summed E-state index contributed by atoms with van der Waals surface area (Å²) in [7, 11) is 1.69. The van der Waals surface area contributed by atoms with Crippen LogP contribution in [0.2, 0.25) is 5.02 Å². The number of nitrogens with zero attached hydrogens (tertiary/aromatic N) is 2. The number of hydrogen-bond acceptors (Lipinski definition) is 4. The molecule has 0 aliphatic heterocycles. The molecule has 0 spiro atoms. The second kappa shape index (κ2) is 7.93. The summed E-state index contributed by atoms with van der Waals surface area (Å²) in [6.07, 6.45) is 0.305. The molecule has 7 heteroatoms. The minimum atomic E-state index is -0.103. The fraction of sp³-hybridized carbons (Fsp3) is 0.211. The largest absolute Gasteiger partial charge is 0.326 e. The van der Waals surface area contributed by atoms with E-state index >= 15 is 0 Å². The van der Waals surface area contributed by atoms with Crippen LogP contribution in [0, 0.1) is 6.92 Å². The van der Waals surface area contributed by atoms with Gasteiger partial charge in [0.15, 0.2) is 5.16 Å². The Kier molecular flexibility index (Phi) is 5.64. The van der Waals surface area contributed by atoms with Crippen LogP contribution in [0.25, 0.3) is 10.9 Å². The maximum absolute atomic E-state index is 12.4. The van der Waals surface area contributed by atoms with Crippen molar-refractivity contribution < 1.29 is 4.79 Å². The summed E-state index contributed by atoms with van der Waals surface area (Å²) >= 11 is 7.36. The van der Waals surface area contributed by atoms with Crippen LogP contribution in [0.4, 0.5) is 5.69 Å². The van der Waals surface area contributed by atoms with Crippen LogP contribution in [-0.2, 0) is 11.8 Å². The van der Waals surface area contributed by atoms with Crippen molar-refractivity contribution in [3.05, 3.63) is 63.4 Å². The highest BCUT2D eigenvalue weighted by Crippen LogP contribution is 2.21. The standard InChI is InChI=1S/C19H18ClN3O2S/c1-12-7-8-13(20)11-16(12)21-17(24)9-10-26-19-22-15-6-4-3-5-14(15)18(25)23(19)2/h3-8,11H,9-10H2,1-2H3,(H,21,24). The Morgan fingerprint density at radius 2 is 2.04 bits per heavy atom. The van der Waals surface area contributed by atoms with E-state index < -0.39 is 0 Å². The number of para-hydroxylation sites is 1. The van der Waals surface area contributed by atoms with E-state index in [4.69, 9.17) is 11.6 Å². The number of aryl methyl sites for hydroxylation is 1. The highest BCUT2D eigenvalue weighted by molar-refractivity contribution is 7.99. The average Bonchev–Trinajstić information content (AvgIpc) is 2.62. The Labute approximate surface area is 160 Å². The Morgan fingerprint density at radius 1 is 1.27 bits per heavy atom. The van der Waals surface area contributed by atoms with Crippen molar-refractivity contribution in [1.82, 2.24) is 9.55 Å². The third-order valence-corrected chi connectivity index (χ3v) is 5.24. The first kappa shape index (κ1) is 18.5. The number of aromatic nitrogens is 2. The minimum absolute atomic E-state index is 0.0860. The van der Waals surface area contributed by atoms with Gasteiger partial charge in [0.05, 0.1) is 10.9 Å². The normalized spacial score (nSPS) is 10.9. The van der Waals surface area contributed by atoms with Crippen molar-refractivity contribution in [1.29, 1.82) is 0 Å². The van der Waals surface area contributed by atoms with Gasteiger partial charge in [-0.2, -0.15) is 0 Å². The molecule has 2 aromatic carbocycles. The van der Waals surface area contributed by atoms with Crippen LogP contribution in [-0.4, -0.2) is 21.2 Å². The number of fused-ring (bicyclic) bond motifs is 1. The zero-order valence-electron chi connectivity index (χ0n) is 14.5. The van der Waals surface area contributed by atoms with Crippen molar-refractivity contribution >= 4 is 45.9 Å². The lowest BCUT2D eigenvalue weighted by Gasteiger charge is -2.10. The number of halogens is 1. The van der Waals surface area contributed by atoms with Gasteiger partial charge in [-0.1, -0.05) is 41.6 Å². The highest BCUT2D eigenvalue weighted by Gasteiger charge is 2.10. The number of anilines is 1. The topological polar surface area (TPSA) is 64.0 Å². The fourth-order valence-electron chi connectivity index (χ4n) is 2.50. The van der Waals surface area contributed by atoms with Gasteiger partial charge in [-0.3, -0.25) is 14.2 Å². The summed E-state index contributed by atoms with van der Waals surface area (Å²) in [6, 6.07) is 12.6. The van der Waals surface area contributed by atoms with E-state index in [9.17, 15) is 9.59 Å². The fourth-order valence-corrected chi connectivity index (χ4v) is 3.58. The van der Waals surface area contributed by atoms with Crippen LogP contribution in [0.3, 0.4) is 0 Å². The van der Waals surface area contributed by atoms with E-state index in [1.807, 2.05) is 31.2 Å². The number of carbonyl (C=O) groups is 1. The van der Waals surface area contributed by atoms with Crippen molar-refractivity contribution in [2.24, 2.45) is 7.05 Å². The molecule has 0 aliphatic rings. The molecular weight excluding hydrogens is 370 g/mol. The van der Waals surface area contributed by atoms with Crippen LogP contribution in [0.15, 0.2) is 52.4 Å². The van der Waals surface area contributed by atoms with Crippen molar-refractivity contribution in [3.63, 3.8) is 0 Å². The first-order chi connectivity index (χ1) is 12.5. The molecule has 1 heterocycles. The van der Waals surface area contributed by atoms with E-state index in [0.29, 0.717) is 38.9 Å². The SMILES string of the molecule is Cc1ccc(Cl)cc1NC(=O)CCSc1nc2ccccc2c(=O)n1C. The monoisotopic (exact) mass is 387 g/mol. The van der Waals surface area contributed by atoms with Gasteiger partial charge in [-0.25, -0.2) is 4.98 Å². The quantitative estimate of drug-likeness (QED) is 0.530. The molecule has 134 valence electrons. The Balaban J connectivity index is 1.65. The molecule has 0 bridgehead atoms. The number of amides is 1. The lowest BCUT2D eigenvalue weighted by molar-refractivity contribution is -0.115. The number of benzene rings is 2. The maximum atomic E-state index is 12.4. The number of rotatable bonds is 5. The van der Waals surface area contributed by atoms with Gasteiger partial charge in [-0.05, 0) is 36.8 Å². The molecule has 0 fully saturated rings. The van der Waals surface area contributed by atoms with Gasteiger partial charge in [-0.15, -0.1) is 0 Å². The summed E-state index contributed by atoms with van der Waals surface area (Å²) in [5.74, 6) is 0.415. The lowest BCUT2D eigenvalue weighted by atomic mass is 10.2. The Morgan fingerprint density at radius 3 is 2.85 bits per heavy atom. The van der Waals surface area contributed by atoms with Gasteiger partial charge in [0.2, 0.25) is 5.91 Å². The molecule has 26 heavy (non-hydrogen) atoms. The Bertz CT molecular complexity index is 1030. The lowest BCUT2D eigenvalue weighted by Crippen LogP contribution is -2.20. The third-order valence-electron chi connectivity index (χ3n) is 3.98. The van der Waals surface area contributed by atoms with Gasteiger partial charge in [0.25, 0.3) is 5.56 Å². The van der Waals surface area contributed by atoms with E-state index in [-0.39, 0.29) is 11.5 Å². The van der Waals surface area contributed by atoms with Crippen molar-refractivity contribution in [3.8, 4) is 0 Å². The van der Waals surface area contributed by atoms with Gasteiger partial charge >= 0.3 is 0 Å². The van der Waals surface area contributed by atoms with Gasteiger partial charge < -0.3 is 5.32 Å².